The topological polar surface area (TPSA) is 41.1 Å². The lowest BCUT2D eigenvalue weighted by Gasteiger charge is -2.22. The second kappa shape index (κ2) is 7.23. The number of carbonyl (C=O) groups excluding carboxylic acids is 1. The van der Waals surface area contributed by atoms with Gasteiger partial charge in [0.1, 0.15) is 11.9 Å². The Hall–Kier alpha value is -2.41. The Balaban J connectivity index is 2.02. The summed E-state index contributed by atoms with van der Waals surface area (Å²) >= 11 is 0. The molecule has 7 heteroatoms. The molecule has 2 aromatic rings. The lowest BCUT2D eigenvalue weighted by molar-refractivity contribution is -0.157. The van der Waals surface area contributed by atoms with Gasteiger partial charge in [-0.15, -0.1) is 0 Å². The van der Waals surface area contributed by atoms with E-state index in [1.165, 1.54) is 24.3 Å². The molecule has 0 unspecified atom stereocenters. The van der Waals surface area contributed by atoms with Crippen molar-refractivity contribution in [3.63, 3.8) is 0 Å². The molecule has 0 aromatic heterocycles. The summed E-state index contributed by atoms with van der Waals surface area (Å²) < 4.78 is 52.0. The Kier molecular flexibility index (Phi) is 5.33. The molecule has 23 heavy (non-hydrogen) atoms. The fourth-order valence-electron chi connectivity index (χ4n) is 1.92. The van der Waals surface area contributed by atoms with Crippen molar-refractivity contribution in [3.8, 4) is 0 Å². The molecular formula is C16H14F4N2O. The highest BCUT2D eigenvalue weighted by molar-refractivity contribution is 5.93. The van der Waals surface area contributed by atoms with E-state index in [1.807, 2.05) is 5.43 Å². The average Bonchev–Trinajstić information content (AvgIpc) is 2.52. The van der Waals surface area contributed by atoms with Crippen molar-refractivity contribution >= 4 is 5.91 Å². The van der Waals surface area contributed by atoms with E-state index in [0.717, 1.165) is 12.1 Å². The molecule has 0 aliphatic carbocycles. The van der Waals surface area contributed by atoms with Crippen LogP contribution >= 0.6 is 0 Å². The van der Waals surface area contributed by atoms with Crippen LogP contribution in [0.1, 0.15) is 15.9 Å². The zero-order chi connectivity index (χ0) is 16.9. The summed E-state index contributed by atoms with van der Waals surface area (Å²) in [4.78, 5) is 11.8. The van der Waals surface area contributed by atoms with E-state index in [9.17, 15) is 22.4 Å². The highest BCUT2D eigenvalue weighted by atomic mass is 19.4. The Bertz CT molecular complexity index is 641. The van der Waals surface area contributed by atoms with Crippen LogP contribution in [0.2, 0.25) is 0 Å². The van der Waals surface area contributed by atoms with Crippen molar-refractivity contribution in [2.24, 2.45) is 0 Å². The van der Waals surface area contributed by atoms with Crippen LogP contribution in [0.15, 0.2) is 54.6 Å². The Morgan fingerprint density at radius 2 is 1.61 bits per heavy atom. The van der Waals surface area contributed by atoms with Gasteiger partial charge in [0.15, 0.2) is 0 Å². The van der Waals surface area contributed by atoms with E-state index in [4.69, 9.17) is 0 Å². The van der Waals surface area contributed by atoms with Gasteiger partial charge in [0.05, 0.1) is 0 Å². The molecule has 2 N–H and O–H groups in total. The first kappa shape index (κ1) is 17.0. The lowest BCUT2D eigenvalue weighted by Crippen LogP contribution is -2.52. The van der Waals surface area contributed by atoms with Crippen LogP contribution in [0.5, 0.6) is 0 Å². The molecule has 1 amide bonds. The first-order valence-electron chi connectivity index (χ1n) is 6.78. The summed E-state index contributed by atoms with van der Waals surface area (Å²) in [6.07, 6.45) is -5.00. The van der Waals surface area contributed by atoms with Crippen molar-refractivity contribution in [1.29, 1.82) is 0 Å². The summed E-state index contributed by atoms with van der Waals surface area (Å²) in [6.45, 7) is 0. The van der Waals surface area contributed by atoms with Crippen molar-refractivity contribution in [3.05, 3.63) is 71.5 Å². The Morgan fingerprint density at radius 3 is 2.17 bits per heavy atom. The number of hydrogen-bond donors (Lipinski definition) is 2. The molecule has 2 rings (SSSR count). The van der Waals surface area contributed by atoms with Gasteiger partial charge in [0.25, 0.3) is 5.91 Å². The summed E-state index contributed by atoms with van der Waals surface area (Å²) in [5.74, 6) is -1.19. The van der Waals surface area contributed by atoms with Crippen LogP contribution in [-0.4, -0.2) is 18.1 Å². The van der Waals surface area contributed by atoms with Crippen LogP contribution < -0.4 is 10.9 Å². The van der Waals surface area contributed by atoms with E-state index < -0.39 is 30.4 Å². The molecule has 3 nitrogen and oxygen atoms in total. The normalized spacial score (nSPS) is 12.7. The fourth-order valence-corrected chi connectivity index (χ4v) is 1.92. The average molecular weight is 326 g/mol. The summed E-state index contributed by atoms with van der Waals surface area (Å²) in [5, 5.41) is 0. The van der Waals surface area contributed by atoms with E-state index >= 15 is 0 Å². The molecule has 0 heterocycles. The maximum atomic E-state index is 13.0. The third-order valence-corrected chi connectivity index (χ3v) is 3.14. The highest BCUT2D eigenvalue weighted by Gasteiger charge is 2.39. The van der Waals surface area contributed by atoms with Gasteiger partial charge in [-0.1, -0.05) is 30.3 Å². The van der Waals surface area contributed by atoms with Gasteiger partial charge in [-0.3, -0.25) is 10.2 Å². The minimum Gasteiger partial charge on any atom is -0.287 e. The fraction of sp³-hybridized carbons (Fsp3) is 0.188. The van der Waals surface area contributed by atoms with E-state index in [1.54, 1.807) is 18.2 Å². The van der Waals surface area contributed by atoms with Gasteiger partial charge in [0, 0.05) is 5.56 Å². The molecular weight excluding hydrogens is 312 g/mol. The zero-order valence-electron chi connectivity index (χ0n) is 11.9. The summed E-state index contributed by atoms with van der Waals surface area (Å²) in [5.41, 5.74) is 4.60. The molecule has 0 spiro atoms. The van der Waals surface area contributed by atoms with Gasteiger partial charge in [-0.25, -0.2) is 9.82 Å². The second-order valence-corrected chi connectivity index (χ2v) is 4.89. The van der Waals surface area contributed by atoms with Crippen LogP contribution in [0.4, 0.5) is 17.6 Å². The lowest BCUT2D eigenvalue weighted by atomic mass is 10.1. The van der Waals surface area contributed by atoms with Crippen LogP contribution in [0.25, 0.3) is 0 Å². The van der Waals surface area contributed by atoms with E-state index in [2.05, 4.69) is 5.43 Å². The van der Waals surface area contributed by atoms with Gasteiger partial charge in [-0.2, -0.15) is 13.2 Å². The van der Waals surface area contributed by atoms with Crippen molar-refractivity contribution in [1.82, 2.24) is 10.9 Å². The molecule has 0 radical (unpaired) electrons. The number of hydrogen-bond acceptors (Lipinski definition) is 2. The van der Waals surface area contributed by atoms with Crippen LogP contribution in [-0.2, 0) is 6.42 Å². The number of alkyl halides is 3. The minimum atomic E-state index is -4.57. The van der Waals surface area contributed by atoms with E-state index in [0.29, 0.717) is 5.56 Å². The van der Waals surface area contributed by atoms with Gasteiger partial charge < -0.3 is 0 Å². The highest BCUT2D eigenvalue weighted by Crippen LogP contribution is 2.23. The number of rotatable bonds is 5. The Labute approximate surface area is 130 Å². The molecule has 1 atom stereocenters. The molecule has 0 fully saturated rings. The van der Waals surface area contributed by atoms with Gasteiger partial charge in [-0.05, 0) is 36.2 Å². The number of halogens is 4. The van der Waals surface area contributed by atoms with Crippen molar-refractivity contribution in [2.45, 2.75) is 18.6 Å². The minimum absolute atomic E-state index is 0.239. The van der Waals surface area contributed by atoms with Crippen molar-refractivity contribution < 1.29 is 22.4 Å². The quantitative estimate of drug-likeness (QED) is 0.654. The predicted octanol–water partition coefficient (Wildman–Crippen LogP) is 3.23. The Morgan fingerprint density at radius 1 is 1.00 bits per heavy atom. The summed E-state index contributed by atoms with van der Waals surface area (Å²) in [6, 6.07) is 10.6. The molecule has 0 saturated carbocycles. The molecule has 0 bridgehead atoms. The third kappa shape index (κ3) is 5.07. The monoisotopic (exact) mass is 326 g/mol. The number of hydrazine groups is 1. The predicted molar refractivity (Wildman–Crippen MR) is 77.0 cm³/mol. The number of nitrogens with one attached hydrogen (secondary N) is 2. The molecule has 0 saturated heterocycles. The van der Waals surface area contributed by atoms with Gasteiger partial charge >= 0.3 is 6.18 Å². The first-order valence-corrected chi connectivity index (χ1v) is 6.78. The van der Waals surface area contributed by atoms with E-state index in [-0.39, 0.29) is 5.56 Å². The molecule has 0 aliphatic heterocycles. The number of carbonyl (C=O) groups is 1. The second-order valence-electron chi connectivity index (χ2n) is 4.89. The standard InChI is InChI=1S/C16H14F4N2O/c17-13-8-6-11(7-9-13)10-14(16(18,19)20)21-22-15(23)12-4-2-1-3-5-12/h1-9,14,21H,10H2,(H,22,23)/t14-/m1/s1. The van der Waals surface area contributed by atoms with Gasteiger partial charge in [0.2, 0.25) is 0 Å². The van der Waals surface area contributed by atoms with Crippen LogP contribution in [0, 0.1) is 5.82 Å². The van der Waals surface area contributed by atoms with Crippen LogP contribution in [0.3, 0.4) is 0 Å². The zero-order valence-corrected chi connectivity index (χ0v) is 11.9. The maximum Gasteiger partial charge on any atom is 0.405 e. The number of amides is 1. The largest absolute Gasteiger partial charge is 0.405 e. The first-order chi connectivity index (χ1) is 10.9. The smallest absolute Gasteiger partial charge is 0.287 e. The van der Waals surface area contributed by atoms with Crippen molar-refractivity contribution in [2.75, 3.05) is 0 Å². The maximum absolute atomic E-state index is 13.0. The number of benzene rings is 2. The SMILES string of the molecule is O=C(NN[C@H](Cc1ccc(F)cc1)C(F)(F)F)c1ccccc1. The summed E-state index contributed by atoms with van der Waals surface area (Å²) in [7, 11) is 0. The molecule has 2 aromatic carbocycles. The third-order valence-electron chi connectivity index (χ3n) is 3.14. The molecule has 0 aliphatic rings. The molecule has 122 valence electrons.